The van der Waals surface area contributed by atoms with Crippen molar-refractivity contribution < 1.29 is 13.2 Å². The average Bonchev–Trinajstić information content (AvgIpc) is 3.91. The van der Waals surface area contributed by atoms with Crippen LogP contribution in [0.4, 0.5) is 13.2 Å². The van der Waals surface area contributed by atoms with Crippen LogP contribution in [0.15, 0.2) is 200 Å². The normalized spacial score (nSPS) is 11.7. The summed E-state index contributed by atoms with van der Waals surface area (Å²) in [6.07, 6.45) is -4.75. The molecule has 2 heterocycles. The zero-order valence-electron chi connectivity index (χ0n) is 41.0. The zero-order valence-corrected chi connectivity index (χ0v) is 41.0. The third-order valence-corrected chi connectivity index (χ3v) is 14.8. The number of nitrogens with zero attached hydrogens (tertiary/aromatic N) is 4. The molecule has 0 unspecified atom stereocenters. The lowest BCUT2D eigenvalue weighted by Gasteiger charge is -2.20. The Bertz CT molecular complexity index is 4180. The number of halogens is 3. The summed E-state index contributed by atoms with van der Waals surface area (Å²) in [5.74, 6) is 0. The molecule has 7 heteroatoms. The standard InChI is InChI=1S/C67H45F3N4/c1-40-13-5-9-17-52(40)45-21-25-61-57(32-45)58-33-46(53-18-10-6-14-41(53)2)22-26-62(58)73(61)65-36-50(39-72)56(49-29-44(38-71)30-51(31-49)67(68,69)70)37-66(65)74-63-27-23-47(54-19-11-7-15-42(54)3)34-59(63)60-35-48(24-28-64(60)74)55-20-12-8-16-43(55)4/h5-37H,1-4H3. The monoisotopic (exact) mass is 962 g/mol. The molecule has 0 spiro atoms. The second-order valence-electron chi connectivity index (χ2n) is 19.3. The van der Waals surface area contributed by atoms with E-state index in [0.29, 0.717) is 11.4 Å². The van der Waals surface area contributed by atoms with E-state index in [4.69, 9.17) is 0 Å². The van der Waals surface area contributed by atoms with Crippen molar-refractivity contribution in [2.45, 2.75) is 33.9 Å². The Balaban J connectivity index is 1.23. The van der Waals surface area contributed by atoms with Crippen molar-refractivity contribution in [3.05, 3.63) is 239 Å². The Labute approximate surface area is 426 Å². The Morgan fingerprint density at radius 3 is 1.03 bits per heavy atom. The molecule has 0 aliphatic rings. The molecule has 12 rings (SSSR count). The van der Waals surface area contributed by atoms with Gasteiger partial charge in [-0.2, -0.15) is 23.7 Å². The topological polar surface area (TPSA) is 57.4 Å². The minimum absolute atomic E-state index is 0.109. The van der Waals surface area contributed by atoms with Crippen molar-refractivity contribution in [1.29, 1.82) is 10.5 Å². The number of hydrogen-bond donors (Lipinski definition) is 0. The second-order valence-corrected chi connectivity index (χ2v) is 19.3. The molecule has 0 amide bonds. The molecule has 0 saturated heterocycles. The molecule has 0 radical (unpaired) electrons. The van der Waals surface area contributed by atoms with E-state index in [1.165, 1.54) is 6.07 Å². The van der Waals surface area contributed by atoms with Crippen molar-refractivity contribution in [3.63, 3.8) is 0 Å². The van der Waals surface area contributed by atoms with Crippen LogP contribution in [0, 0.1) is 50.4 Å². The van der Waals surface area contributed by atoms with Gasteiger partial charge in [-0.05, 0) is 179 Å². The first-order valence-corrected chi connectivity index (χ1v) is 24.5. The highest BCUT2D eigenvalue weighted by atomic mass is 19.4. The van der Waals surface area contributed by atoms with Crippen LogP contribution in [0.5, 0.6) is 0 Å². The van der Waals surface area contributed by atoms with Gasteiger partial charge in [0.1, 0.15) is 0 Å². The smallest absolute Gasteiger partial charge is 0.307 e. The molecule has 0 atom stereocenters. The van der Waals surface area contributed by atoms with E-state index < -0.39 is 11.7 Å². The van der Waals surface area contributed by atoms with Gasteiger partial charge < -0.3 is 9.13 Å². The average molecular weight is 963 g/mol. The highest BCUT2D eigenvalue weighted by Gasteiger charge is 2.32. The van der Waals surface area contributed by atoms with Crippen LogP contribution in [0.1, 0.15) is 38.9 Å². The Kier molecular flexibility index (Phi) is 10.9. The number of fused-ring (bicyclic) bond motifs is 6. The number of alkyl halides is 3. The summed E-state index contributed by atoms with van der Waals surface area (Å²) in [6, 6.07) is 70.6. The molecule has 0 saturated carbocycles. The van der Waals surface area contributed by atoms with Gasteiger partial charge in [-0.3, -0.25) is 0 Å². The van der Waals surface area contributed by atoms with Gasteiger partial charge in [-0.15, -0.1) is 0 Å². The van der Waals surface area contributed by atoms with Crippen LogP contribution in [-0.4, -0.2) is 9.13 Å². The molecule has 2 aromatic heterocycles. The maximum Gasteiger partial charge on any atom is 0.416 e. The third kappa shape index (κ3) is 7.61. The number of aryl methyl sites for hydroxylation is 4. The molecule has 0 N–H and O–H groups in total. The van der Waals surface area contributed by atoms with Crippen molar-refractivity contribution in [2.24, 2.45) is 0 Å². The fraction of sp³-hybridized carbons (Fsp3) is 0.0746. The highest BCUT2D eigenvalue weighted by molar-refractivity contribution is 6.14. The number of nitriles is 2. The zero-order chi connectivity index (χ0) is 51.0. The van der Waals surface area contributed by atoms with Crippen LogP contribution in [-0.2, 0) is 6.18 Å². The fourth-order valence-corrected chi connectivity index (χ4v) is 11.1. The maximum absolute atomic E-state index is 14.7. The summed E-state index contributed by atoms with van der Waals surface area (Å²) in [6.45, 7) is 8.43. The summed E-state index contributed by atoms with van der Waals surface area (Å²) in [4.78, 5) is 0. The lowest BCUT2D eigenvalue weighted by atomic mass is 9.94. The van der Waals surface area contributed by atoms with Crippen molar-refractivity contribution in [3.8, 4) is 79.1 Å². The van der Waals surface area contributed by atoms with E-state index in [0.717, 1.165) is 123 Å². The van der Waals surface area contributed by atoms with E-state index in [1.54, 1.807) is 6.07 Å². The Hall–Kier alpha value is -9.43. The van der Waals surface area contributed by atoms with Crippen molar-refractivity contribution >= 4 is 43.6 Å². The van der Waals surface area contributed by atoms with E-state index in [9.17, 15) is 23.7 Å². The van der Waals surface area contributed by atoms with Crippen molar-refractivity contribution in [2.75, 3.05) is 0 Å². The molecule has 74 heavy (non-hydrogen) atoms. The van der Waals surface area contributed by atoms with Crippen LogP contribution in [0.3, 0.4) is 0 Å². The van der Waals surface area contributed by atoms with Crippen LogP contribution in [0.2, 0.25) is 0 Å². The molecule has 0 fully saturated rings. The maximum atomic E-state index is 14.7. The van der Waals surface area contributed by atoms with Gasteiger partial charge in [0.2, 0.25) is 0 Å². The molecule has 0 aliphatic heterocycles. The van der Waals surface area contributed by atoms with Crippen LogP contribution < -0.4 is 0 Å². The van der Waals surface area contributed by atoms with Crippen molar-refractivity contribution in [1.82, 2.24) is 9.13 Å². The predicted molar refractivity (Wildman–Crippen MR) is 296 cm³/mol. The first-order valence-electron chi connectivity index (χ1n) is 24.5. The van der Waals surface area contributed by atoms with Gasteiger partial charge in [-0.1, -0.05) is 121 Å². The van der Waals surface area contributed by atoms with Gasteiger partial charge in [0.05, 0.1) is 62.3 Å². The molecule has 10 aromatic carbocycles. The minimum Gasteiger partial charge on any atom is -0.307 e. The lowest BCUT2D eigenvalue weighted by molar-refractivity contribution is -0.137. The first kappa shape index (κ1) is 45.7. The summed E-state index contributed by atoms with van der Waals surface area (Å²) in [7, 11) is 0. The fourth-order valence-electron chi connectivity index (χ4n) is 11.1. The number of benzene rings is 10. The largest absolute Gasteiger partial charge is 0.416 e. The molecular weight excluding hydrogens is 918 g/mol. The van der Waals surface area contributed by atoms with Gasteiger partial charge >= 0.3 is 6.18 Å². The van der Waals surface area contributed by atoms with Crippen LogP contribution >= 0.6 is 0 Å². The third-order valence-electron chi connectivity index (χ3n) is 14.8. The minimum atomic E-state index is -4.75. The number of rotatable bonds is 7. The van der Waals surface area contributed by atoms with E-state index in [-0.39, 0.29) is 22.3 Å². The lowest BCUT2D eigenvalue weighted by Crippen LogP contribution is -2.07. The van der Waals surface area contributed by atoms with Gasteiger partial charge in [0.15, 0.2) is 0 Å². The summed E-state index contributed by atoms with van der Waals surface area (Å²) < 4.78 is 48.4. The Morgan fingerprint density at radius 2 is 0.703 bits per heavy atom. The molecular formula is C67H45F3N4. The molecule has 0 aliphatic carbocycles. The summed E-state index contributed by atoms with van der Waals surface area (Å²) in [5.41, 5.74) is 17.3. The van der Waals surface area contributed by atoms with E-state index in [1.807, 2.05) is 60.7 Å². The SMILES string of the molecule is Cc1ccccc1-c1ccc2c(c1)c1cc(-c3ccccc3C)ccc1n2-c1cc(C#N)c(-c2cc(C#N)cc(C(F)(F)F)c2)cc1-n1c2ccc(-c3ccccc3C)cc2c2cc(-c3ccccc3C)ccc21. The predicted octanol–water partition coefficient (Wildman–Crippen LogP) is 18.2. The number of aromatic nitrogens is 2. The molecule has 4 nitrogen and oxygen atoms in total. The molecule has 0 bridgehead atoms. The summed E-state index contributed by atoms with van der Waals surface area (Å²) >= 11 is 0. The first-order chi connectivity index (χ1) is 35.9. The Morgan fingerprint density at radius 1 is 0.351 bits per heavy atom. The molecule has 12 aromatic rings. The quantitative estimate of drug-likeness (QED) is 0.160. The molecule has 354 valence electrons. The highest BCUT2D eigenvalue weighted by Crippen LogP contribution is 2.45. The van der Waals surface area contributed by atoms with Gasteiger partial charge in [0, 0.05) is 27.1 Å². The van der Waals surface area contributed by atoms with Gasteiger partial charge in [-0.25, -0.2) is 0 Å². The van der Waals surface area contributed by atoms with E-state index >= 15 is 0 Å². The summed E-state index contributed by atoms with van der Waals surface area (Å²) in [5, 5.41) is 25.2. The van der Waals surface area contributed by atoms with Gasteiger partial charge in [0.25, 0.3) is 0 Å². The van der Waals surface area contributed by atoms with E-state index in [2.05, 4.69) is 164 Å². The number of hydrogen-bond acceptors (Lipinski definition) is 2. The second kappa shape index (κ2) is 17.7. The van der Waals surface area contributed by atoms with Crippen LogP contribution in [0.25, 0.3) is 111 Å².